The van der Waals surface area contributed by atoms with Gasteiger partial charge in [-0.25, -0.2) is 0 Å². The molecule has 3 heteroatoms. The Hall–Kier alpha value is -0.800. The monoisotopic (exact) mass is 263 g/mol. The third kappa shape index (κ3) is 3.83. The van der Waals surface area contributed by atoms with Gasteiger partial charge in [0.2, 0.25) is 0 Å². The Labute approximate surface area is 115 Å². The van der Waals surface area contributed by atoms with Gasteiger partial charge in [-0.1, -0.05) is 6.92 Å². The Kier molecular flexibility index (Phi) is 4.24. The molecule has 3 nitrogen and oxygen atoms in total. The van der Waals surface area contributed by atoms with E-state index in [1.165, 1.54) is 44.1 Å². The highest BCUT2D eigenvalue weighted by Crippen LogP contribution is 2.27. The van der Waals surface area contributed by atoms with E-state index in [2.05, 4.69) is 18.3 Å². The van der Waals surface area contributed by atoms with Crippen molar-refractivity contribution in [2.45, 2.75) is 70.7 Å². The Balaban J connectivity index is 1.45. The molecule has 2 saturated carbocycles. The van der Waals surface area contributed by atoms with Crippen LogP contribution in [0.4, 0.5) is 0 Å². The Morgan fingerprint density at radius 3 is 2.74 bits per heavy atom. The van der Waals surface area contributed by atoms with Crippen molar-refractivity contribution in [3.05, 3.63) is 23.7 Å². The number of hydrogen-bond acceptors (Lipinski definition) is 3. The zero-order valence-corrected chi connectivity index (χ0v) is 11.9. The molecule has 1 heterocycles. The van der Waals surface area contributed by atoms with Crippen molar-refractivity contribution in [3.8, 4) is 0 Å². The lowest BCUT2D eigenvalue weighted by Gasteiger charge is -2.26. The largest absolute Gasteiger partial charge is 0.467 e. The zero-order chi connectivity index (χ0) is 13.1. The van der Waals surface area contributed by atoms with E-state index in [4.69, 9.17) is 9.15 Å². The number of nitrogens with one attached hydrogen (secondary N) is 1. The van der Waals surface area contributed by atoms with Crippen LogP contribution in [0.2, 0.25) is 0 Å². The Bertz CT molecular complexity index is 389. The van der Waals surface area contributed by atoms with Gasteiger partial charge in [-0.3, -0.25) is 0 Å². The third-order valence-corrected chi connectivity index (χ3v) is 4.41. The van der Waals surface area contributed by atoms with Gasteiger partial charge in [0.15, 0.2) is 0 Å². The maximum atomic E-state index is 6.02. The van der Waals surface area contributed by atoms with E-state index in [0.717, 1.165) is 24.3 Å². The first-order valence-corrected chi connectivity index (χ1v) is 7.71. The summed E-state index contributed by atoms with van der Waals surface area (Å²) in [6, 6.07) is 2.81. The lowest BCUT2D eigenvalue weighted by atomic mass is 9.89. The maximum absolute atomic E-state index is 6.02. The fraction of sp³-hybridized carbons (Fsp3) is 0.750. The van der Waals surface area contributed by atoms with Gasteiger partial charge in [0.25, 0.3) is 0 Å². The molecule has 2 fully saturated rings. The average Bonchev–Trinajstić information content (AvgIpc) is 3.15. The number of rotatable bonds is 6. The van der Waals surface area contributed by atoms with E-state index < -0.39 is 0 Å². The molecule has 0 unspecified atom stereocenters. The van der Waals surface area contributed by atoms with Crippen LogP contribution in [-0.2, 0) is 17.9 Å². The normalized spacial score (nSPS) is 27.6. The van der Waals surface area contributed by atoms with Crippen molar-refractivity contribution >= 4 is 0 Å². The van der Waals surface area contributed by atoms with Crippen LogP contribution < -0.4 is 5.32 Å². The SMILES string of the molecule is CC1CCC(OCc2occc2CNC2CC2)CC1. The molecule has 1 aromatic heterocycles. The molecule has 0 saturated heterocycles. The first-order chi connectivity index (χ1) is 9.31. The minimum absolute atomic E-state index is 0.436. The minimum atomic E-state index is 0.436. The molecule has 0 aliphatic heterocycles. The molecule has 0 aromatic carbocycles. The van der Waals surface area contributed by atoms with Crippen molar-refractivity contribution in [1.29, 1.82) is 0 Å². The van der Waals surface area contributed by atoms with Crippen LogP contribution in [-0.4, -0.2) is 12.1 Å². The summed E-state index contributed by atoms with van der Waals surface area (Å²) in [5.41, 5.74) is 1.26. The maximum Gasteiger partial charge on any atom is 0.133 e. The van der Waals surface area contributed by atoms with Gasteiger partial charge < -0.3 is 14.5 Å². The smallest absolute Gasteiger partial charge is 0.133 e. The summed E-state index contributed by atoms with van der Waals surface area (Å²) in [6.07, 6.45) is 9.89. The molecule has 19 heavy (non-hydrogen) atoms. The van der Waals surface area contributed by atoms with E-state index in [0.29, 0.717) is 12.7 Å². The van der Waals surface area contributed by atoms with Crippen molar-refractivity contribution in [1.82, 2.24) is 5.32 Å². The molecular weight excluding hydrogens is 238 g/mol. The molecule has 1 aromatic rings. The average molecular weight is 263 g/mol. The molecule has 3 rings (SSSR count). The summed E-state index contributed by atoms with van der Waals surface area (Å²) in [6.45, 7) is 3.89. The van der Waals surface area contributed by atoms with Crippen LogP contribution in [0.25, 0.3) is 0 Å². The summed E-state index contributed by atoms with van der Waals surface area (Å²) in [5.74, 6) is 1.88. The summed E-state index contributed by atoms with van der Waals surface area (Å²) in [7, 11) is 0. The highest BCUT2D eigenvalue weighted by molar-refractivity contribution is 5.16. The van der Waals surface area contributed by atoms with Crippen molar-refractivity contribution < 1.29 is 9.15 Å². The Morgan fingerprint density at radius 1 is 1.21 bits per heavy atom. The quantitative estimate of drug-likeness (QED) is 0.851. The first-order valence-electron chi connectivity index (χ1n) is 7.71. The highest BCUT2D eigenvalue weighted by atomic mass is 16.5. The number of hydrogen-bond donors (Lipinski definition) is 1. The second kappa shape index (κ2) is 6.10. The van der Waals surface area contributed by atoms with Gasteiger partial charge in [-0.2, -0.15) is 0 Å². The lowest BCUT2D eigenvalue weighted by Crippen LogP contribution is -2.21. The summed E-state index contributed by atoms with van der Waals surface area (Å²) < 4.78 is 11.6. The Morgan fingerprint density at radius 2 is 2.00 bits per heavy atom. The first kappa shape index (κ1) is 13.2. The topological polar surface area (TPSA) is 34.4 Å². The van der Waals surface area contributed by atoms with Gasteiger partial charge in [-0.15, -0.1) is 0 Å². The summed E-state index contributed by atoms with van der Waals surface area (Å²) in [4.78, 5) is 0. The van der Waals surface area contributed by atoms with Crippen LogP contribution in [0.5, 0.6) is 0 Å². The van der Waals surface area contributed by atoms with Crippen LogP contribution in [0.3, 0.4) is 0 Å². The molecule has 0 spiro atoms. The van der Waals surface area contributed by atoms with Gasteiger partial charge >= 0.3 is 0 Å². The second-order valence-electron chi connectivity index (χ2n) is 6.22. The standard InChI is InChI=1S/C16H25NO2/c1-12-2-6-15(7-3-12)19-11-16-13(8-9-18-16)10-17-14-4-5-14/h8-9,12,14-15,17H,2-7,10-11H2,1H3. The van der Waals surface area contributed by atoms with Gasteiger partial charge in [0, 0.05) is 18.2 Å². The van der Waals surface area contributed by atoms with Gasteiger partial charge in [-0.05, 0) is 50.5 Å². The molecule has 0 radical (unpaired) electrons. The van der Waals surface area contributed by atoms with E-state index in [1.54, 1.807) is 6.26 Å². The summed E-state index contributed by atoms with van der Waals surface area (Å²) >= 11 is 0. The molecule has 2 aliphatic rings. The number of furan rings is 1. The lowest BCUT2D eigenvalue weighted by molar-refractivity contribution is 0.000843. The second-order valence-corrected chi connectivity index (χ2v) is 6.22. The number of ether oxygens (including phenoxy) is 1. The predicted molar refractivity (Wildman–Crippen MR) is 74.8 cm³/mol. The molecule has 1 N–H and O–H groups in total. The molecular formula is C16H25NO2. The molecule has 2 aliphatic carbocycles. The fourth-order valence-corrected chi connectivity index (χ4v) is 2.78. The molecule has 0 atom stereocenters. The zero-order valence-electron chi connectivity index (χ0n) is 11.9. The molecule has 106 valence electrons. The van der Waals surface area contributed by atoms with Crippen molar-refractivity contribution in [3.63, 3.8) is 0 Å². The van der Waals surface area contributed by atoms with E-state index in [1.807, 2.05) is 0 Å². The van der Waals surface area contributed by atoms with Gasteiger partial charge in [0.05, 0.1) is 12.4 Å². The van der Waals surface area contributed by atoms with Gasteiger partial charge in [0.1, 0.15) is 12.4 Å². The predicted octanol–water partition coefficient (Wildman–Crippen LogP) is 3.63. The van der Waals surface area contributed by atoms with E-state index in [9.17, 15) is 0 Å². The highest BCUT2D eigenvalue weighted by Gasteiger charge is 2.22. The van der Waals surface area contributed by atoms with Crippen LogP contribution in [0.15, 0.2) is 16.7 Å². The fourth-order valence-electron chi connectivity index (χ4n) is 2.78. The molecule has 0 amide bonds. The summed E-state index contributed by atoms with van der Waals surface area (Å²) in [5, 5.41) is 3.53. The van der Waals surface area contributed by atoms with E-state index in [-0.39, 0.29) is 0 Å². The molecule has 0 bridgehead atoms. The third-order valence-electron chi connectivity index (χ3n) is 4.41. The van der Waals surface area contributed by atoms with Crippen LogP contribution in [0.1, 0.15) is 56.8 Å². The van der Waals surface area contributed by atoms with Crippen molar-refractivity contribution in [2.75, 3.05) is 0 Å². The minimum Gasteiger partial charge on any atom is -0.467 e. The van der Waals surface area contributed by atoms with Crippen LogP contribution >= 0.6 is 0 Å². The van der Waals surface area contributed by atoms with Crippen molar-refractivity contribution in [2.24, 2.45) is 5.92 Å². The van der Waals surface area contributed by atoms with E-state index >= 15 is 0 Å². The van der Waals surface area contributed by atoms with Crippen LogP contribution in [0, 0.1) is 5.92 Å².